The summed E-state index contributed by atoms with van der Waals surface area (Å²) in [6.07, 6.45) is 0. The molecule has 0 aliphatic carbocycles. The smallest absolute Gasteiger partial charge is 0.258 e. The summed E-state index contributed by atoms with van der Waals surface area (Å²) in [6.45, 7) is 1.53. The summed E-state index contributed by atoms with van der Waals surface area (Å²) < 4.78 is 0. The second-order valence-electron chi connectivity index (χ2n) is 2.49. The quantitative estimate of drug-likeness (QED) is 0.345. The fourth-order valence-corrected chi connectivity index (χ4v) is 0.908. The molecule has 0 saturated carbocycles. The number of non-ortho nitro benzene ring substituents is 1. The molecular weight excluding hydrogens is 199 g/mol. The van der Waals surface area contributed by atoms with E-state index in [0.29, 0.717) is 5.56 Å². The Hall–Kier alpha value is -0.980. The molecule has 1 aromatic carbocycles. The third-order valence-electron chi connectivity index (χ3n) is 1.60. The summed E-state index contributed by atoms with van der Waals surface area (Å²) in [6, 6.07) is 3.55. The first-order valence-electron chi connectivity index (χ1n) is 3.42. The maximum Gasteiger partial charge on any atom is 1.00 e. The summed E-state index contributed by atoms with van der Waals surface area (Å²) >= 11 is 0. The van der Waals surface area contributed by atoms with E-state index in [1.54, 1.807) is 0 Å². The molecule has 0 bridgehead atoms. The molecule has 0 aliphatic rings. The summed E-state index contributed by atoms with van der Waals surface area (Å²) in [4.78, 5) is 19.4. The van der Waals surface area contributed by atoms with Gasteiger partial charge in [0.25, 0.3) is 11.4 Å². The molecule has 14 heavy (non-hydrogen) atoms. The summed E-state index contributed by atoms with van der Waals surface area (Å²) in [5, 5.41) is 20.6. The SMILES string of the molecule is Cc1ccc([N+](=O)[O-])cc1[N+](=O)[O-].[Na+]. The monoisotopic (exact) mass is 205 g/mol. The van der Waals surface area contributed by atoms with Crippen LogP contribution in [0, 0.1) is 27.2 Å². The number of hydrogen-bond donors (Lipinski definition) is 0. The molecule has 7 heteroatoms. The number of rotatable bonds is 2. The molecule has 0 atom stereocenters. The molecule has 0 amide bonds. The number of nitrogens with zero attached hydrogens (tertiary/aromatic N) is 2. The zero-order valence-electron chi connectivity index (χ0n) is 7.76. The second-order valence-corrected chi connectivity index (χ2v) is 2.49. The van der Waals surface area contributed by atoms with Gasteiger partial charge < -0.3 is 0 Å². The van der Waals surface area contributed by atoms with E-state index in [-0.39, 0.29) is 40.9 Å². The van der Waals surface area contributed by atoms with Crippen molar-refractivity contribution in [3.63, 3.8) is 0 Å². The van der Waals surface area contributed by atoms with E-state index in [4.69, 9.17) is 0 Å². The molecule has 0 heterocycles. The largest absolute Gasteiger partial charge is 1.00 e. The van der Waals surface area contributed by atoms with Crippen LogP contribution in [0.3, 0.4) is 0 Å². The van der Waals surface area contributed by atoms with Gasteiger partial charge in [-0.25, -0.2) is 0 Å². The van der Waals surface area contributed by atoms with Crippen molar-refractivity contribution >= 4 is 11.4 Å². The molecule has 1 rings (SSSR count). The minimum atomic E-state index is -0.660. The number of benzene rings is 1. The third kappa shape index (κ3) is 2.76. The van der Waals surface area contributed by atoms with Crippen molar-refractivity contribution in [2.24, 2.45) is 0 Å². The Morgan fingerprint density at radius 1 is 1.14 bits per heavy atom. The Kier molecular flexibility index (Phi) is 4.69. The first-order chi connectivity index (χ1) is 6.02. The van der Waals surface area contributed by atoms with E-state index in [0.717, 1.165) is 6.07 Å². The number of hydrogen-bond acceptors (Lipinski definition) is 4. The average Bonchev–Trinajstić information content (AvgIpc) is 2.04. The average molecular weight is 205 g/mol. The molecule has 1 aromatic rings. The van der Waals surface area contributed by atoms with Gasteiger partial charge in [-0.2, -0.15) is 0 Å². The molecule has 68 valence electrons. The molecule has 0 unspecified atom stereocenters. The van der Waals surface area contributed by atoms with Crippen molar-refractivity contribution in [3.05, 3.63) is 44.0 Å². The standard InChI is InChI=1S/C7H6N2O4.Na/c1-5-2-3-6(8(10)11)4-7(5)9(12)13;/h2-4H,1H3;/q;+1. The van der Waals surface area contributed by atoms with Crippen LogP contribution in [0.15, 0.2) is 18.2 Å². The van der Waals surface area contributed by atoms with Gasteiger partial charge in [0.15, 0.2) is 0 Å². The molecular formula is C7H6N2NaO4+. The normalized spacial score (nSPS) is 8.93. The van der Waals surface area contributed by atoms with Crippen LogP contribution in [0.2, 0.25) is 0 Å². The zero-order valence-corrected chi connectivity index (χ0v) is 9.76. The molecule has 0 saturated heterocycles. The second kappa shape index (κ2) is 5.04. The number of nitro benzene ring substituents is 2. The fraction of sp³-hybridized carbons (Fsp3) is 0.143. The first-order valence-corrected chi connectivity index (χ1v) is 3.42. The maximum absolute atomic E-state index is 10.4. The van der Waals surface area contributed by atoms with E-state index in [9.17, 15) is 20.2 Å². The molecule has 0 fully saturated rings. The van der Waals surface area contributed by atoms with Gasteiger partial charge in [0, 0.05) is 11.6 Å². The van der Waals surface area contributed by atoms with Crippen LogP contribution in [-0.2, 0) is 0 Å². The Balaban J connectivity index is 0.00000169. The van der Waals surface area contributed by atoms with Crippen molar-refractivity contribution in [3.8, 4) is 0 Å². The first kappa shape index (κ1) is 13.0. The van der Waals surface area contributed by atoms with Gasteiger partial charge in [0.2, 0.25) is 0 Å². The topological polar surface area (TPSA) is 86.3 Å². The Morgan fingerprint density at radius 3 is 2.14 bits per heavy atom. The summed E-state index contributed by atoms with van der Waals surface area (Å²) in [5.74, 6) is 0. The zero-order chi connectivity index (χ0) is 10.0. The van der Waals surface area contributed by atoms with Gasteiger partial charge in [-0.05, 0) is 13.0 Å². The van der Waals surface area contributed by atoms with Crippen LogP contribution in [0.4, 0.5) is 11.4 Å². The summed E-state index contributed by atoms with van der Waals surface area (Å²) in [7, 11) is 0. The fourth-order valence-electron chi connectivity index (χ4n) is 0.908. The molecule has 0 aromatic heterocycles. The third-order valence-corrected chi connectivity index (χ3v) is 1.60. The molecule has 0 spiro atoms. The van der Waals surface area contributed by atoms with Crippen molar-refractivity contribution < 1.29 is 39.4 Å². The van der Waals surface area contributed by atoms with Crippen molar-refractivity contribution in [1.82, 2.24) is 0 Å². The maximum atomic E-state index is 10.4. The minimum absolute atomic E-state index is 0. The molecule has 6 nitrogen and oxygen atoms in total. The molecule has 0 radical (unpaired) electrons. The Bertz CT molecular complexity index is 380. The van der Waals surface area contributed by atoms with Gasteiger partial charge in [0.05, 0.1) is 15.9 Å². The molecule has 0 N–H and O–H groups in total. The van der Waals surface area contributed by atoms with Gasteiger partial charge in [-0.1, -0.05) is 0 Å². The van der Waals surface area contributed by atoms with Gasteiger partial charge in [-0.3, -0.25) is 20.2 Å². The predicted molar refractivity (Wildman–Crippen MR) is 44.5 cm³/mol. The minimum Gasteiger partial charge on any atom is -0.258 e. The Morgan fingerprint density at radius 2 is 1.71 bits per heavy atom. The van der Waals surface area contributed by atoms with Gasteiger partial charge >= 0.3 is 29.6 Å². The number of nitro groups is 2. The molecule has 0 aliphatic heterocycles. The van der Waals surface area contributed by atoms with Crippen molar-refractivity contribution in [2.45, 2.75) is 6.92 Å². The van der Waals surface area contributed by atoms with E-state index in [2.05, 4.69) is 0 Å². The van der Waals surface area contributed by atoms with E-state index >= 15 is 0 Å². The Labute approximate surface area is 102 Å². The summed E-state index contributed by atoms with van der Waals surface area (Å²) in [5.41, 5.74) is -0.0814. The van der Waals surface area contributed by atoms with Crippen LogP contribution in [0.1, 0.15) is 5.56 Å². The van der Waals surface area contributed by atoms with E-state index < -0.39 is 9.85 Å². The van der Waals surface area contributed by atoms with E-state index in [1.165, 1.54) is 19.1 Å². The van der Waals surface area contributed by atoms with Crippen LogP contribution in [0.5, 0.6) is 0 Å². The predicted octanol–water partition coefficient (Wildman–Crippen LogP) is -1.18. The van der Waals surface area contributed by atoms with E-state index in [1.807, 2.05) is 0 Å². The van der Waals surface area contributed by atoms with Crippen LogP contribution >= 0.6 is 0 Å². The van der Waals surface area contributed by atoms with Crippen LogP contribution < -0.4 is 29.6 Å². The van der Waals surface area contributed by atoms with Crippen molar-refractivity contribution in [2.75, 3.05) is 0 Å². The van der Waals surface area contributed by atoms with Gasteiger partial charge in [-0.15, -0.1) is 0 Å². The van der Waals surface area contributed by atoms with Crippen molar-refractivity contribution in [1.29, 1.82) is 0 Å². The number of aryl methyl sites for hydroxylation is 1. The van der Waals surface area contributed by atoms with Crippen LogP contribution in [-0.4, -0.2) is 9.85 Å². The van der Waals surface area contributed by atoms with Crippen LogP contribution in [0.25, 0.3) is 0 Å². The van der Waals surface area contributed by atoms with Gasteiger partial charge in [0.1, 0.15) is 0 Å².